The molecule has 1 amide bonds. The number of carbonyl (C=O) groups is 2. The third-order valence-electron chi connectivity index (χ3n) is 6.79. The summed E-state index contributed by atoms with van der Waals surface area (Å²) >= 11 is 0. The molecule has 7 heteroatoms. The van der Waals surface area contributed by atoms with Crippen LogP contribution in [0.4, 0.5) is 0 Å². The predicted molar refractivity (Wildman–Crippen MR) is 123 cm³/mol. The molecule has 1 aliphatic heterocycles. The van der Waals surface area contributed by atoms with Crippen molar-refractivity contribution in [3.63, 3.8) is 0 Å². The van der Waals surface area contributed by atoms with E-state index in [2.05, 4.69) is 15.3 Å². The van der Waals surface area contributed by atoms with Crippen LogP contribution in [0, 0.1) is 19.8 Å². The van der Waals surface area contributed by atoms with E-state index >= 15 is 0 Å². The van der Waals surface area contributed by atoms with Crippen molar-refractivity contribution in [2.45, 2.75) is 64.5 Å². The van der Waals surface area contributed by atoms with E-state index < -0.39 is 0 Å². The smallest absolute Gasteiger partial charge is 0.323 e. The van der Waals surface area contributed by atoms with E-state index in [-0.39, 0.29) is 24.0 Å². The van der Waals surface area contributed by atoms with E-state index in [1.165, 1.54) is 39.2 Å². The third kappa shape index (κ3) is 5.04. The Morgan fingerprint density at radius 3 is 2.62 bits per heavy atom. The van der Waals surface area contributed by atoms with Crippen LogP contribution >= 0.6 is 0 Å². The SMILES string of the molecule is COC(=O)[C@@H]1C[C@@H](NC(=O)c2cccc(-n3nc(C)cc3C)c2)CN1CC1CCCCC1. The number of likely N-dealkylation sites (tertiary alicyclic amines) is 1. The number of benzene rings is 1. The molecular formula is C25H34N4O3. The summed E-state index contributed by atoms with van der Waals surface area (Å²) in [6.45, 7) is 5.54. The summed E-state index contributed by atoms with van der Waals surface area (Å²) < 4.78 is 6.91. The molecule has 0 spiro atoms. The van der Waals surface area contributed by atoms with Crippen molar-refractivity contribution in [1.82, 2.24) is 20.0 Å². The van der Waals surface area contributed by atoms with Crippen LogP contribution in [0.3, 0.4) is 0 Å². The number of aromatic nitrogens is 2. The van der Waals surface area contributed by atoms with E-state index in [0.29, 0.717) is 24.4 Å². The first-order valence-corrected chi connectivity index (χ1v) is 11.7. The van der Waals surface area contributed by atoms with Gasteiger partial charge in [0.15, 0.2) is 0 Å². The summed E-state index contributed by atoms with van der Waals surface area (Å²) in [7, 11) is 1.44. The highest BCUT2D eigenvalue weighted by Crippen LogP contribution is 2.28. The topological polar surface area (TPSA) is 76.5 Å². The lowest BCUT2D eigenvalue weighted by Crippen LogP contribution is -2.41. The van der Waals surface area contributed by atoms with E-state index in [4.69, 9.17) is 4.74 Å². The molecule has 32 heavy (non-hydrogen) atoms. The second-order valence-corrected chi connectivity index (χ2v) is 9.29. The Bertz CT molecular complexity index is 964. The highest BCUT2D eigenvalue weighted by Gasteiger charge is 2.39. The predicted octanol–water partition coefficient (Wildman–Crippen LogP) is 3.42. The Kier molecular flexibility index (Phi) is 6.94. The van der Waals surface area contributed by atoms with E-state index in [1.54, 1.807) is 0 Å². The van der Waals surface area contributed by atoms with Gasteiger partial charge in [0.2, 0.25) is 0 Å². The largest absolute Gasteiger partial charge is 0.468 e. The number of rotatable bonds is 6. The van der Waals surface area contributed by atoms with Crippen molar-refractivity contribution >= 4 is 11.9 Å². The highest BCUT2D eigenvalue weighted by atomic mass is 16.5. The quantitative estimate of drug-likeness (QED) is 0.700. The summed E-state index contributed by atoms with van der Waals surface area (Å²) in [6, 6.07) is 9.16. The second-order valence-electron chi connectivity index (χ2n) is 9.29. The molecule has 2 heterocycles. The molecule has 0 unspecified atom stereocenters. The van der Waals surface area contributed by atoms with Crippen molar-refractivity contribution in [3.8, 4) is 5.69 Å². The highest BCUT2D eigenvalue weighted by molar-refractivity contribution is 5.95. The average Bonchev–Trinajstić information content (AvgIpc) is 3.35. The lowest BCUT2D eigenvalue weighted by Gasteiger charge is -2.29. The summed E-state index contributed by atoms with van der Waals surface area (Å²) in [5.41, 5.74) is 3.42. The molecule has 1 saturated carbocycles. The van der Waals surface area contributed by atoms with Gasteiger partial charge >= 0.3 is 5.97 Å². The molecule has 2 atom stereocenters. The number of nitrogens with zero attached hydrogens (tertiary/aromatic N) is 3. The lowest BCUT2D eigenvalue weighted by molar-refractivity contribution is -0.146. The van der Waals surface area contributed by atoms with Crippen LogP contribution in [-0.4, -0.2) is 58.8 Å². The Balaban J connectivity index is 1.44. The molecule has 7 nitrogen and oxygen atoms in total. The normalized spacial score (nSPS) is 22.1. The van der Waals surface area contributed by atoms with Crippen LogP contribution in [0.15, 0.2) is 30.3 Å². The van der Waals surface area contributed by atoms with Gasteiger partial charge in [0.1, 0.15) is 6.04 Å². The Morgan fingerprint density at radius 2 is 1.94 bits per heavy atom. The van der Waals surface area contributed by atoms with Crippen LogP contribution in [0.5, 0.6) is 0 Å². The van der Waals surface area contributed by atoms with Crippen LogP contribution in [0.25, 0.3) is 5.69 Å². The summed E-state index contributed by atoms with van der Waals surface area (Å²) in [5.74, 6) is 0.299. The summed E-state index contributed by atoms with van der Waals surface area (Å²) in [6.07, 6.45) is 6.88. The molecule has 1 aromatic carbocycles. The second kappa shape index (κ2) is 9.86. The third-order valence-corrected chi connectivity index (χ3v) is 6.79. The molecular weight excluding hydrogens is 404 g/mol. The number of nitrogens with one attached hydrogen (secondary N) is 1. The monoisotopic (exact) mass is 438 g/mol. The average molecular weight is 439 g/mol. The Hall–Kier alpha value is -2.67. The first-order chi connectivity index (χ1) is 15.4. The van der Waals surface area contributed by atoms with Gasteiger partial charge in [-0.1, -0.05) is 25.3 Å². The number of hydrogen-bond donors (Lipinski definition) is 1. The molecule has 0 radical (unpaired) electrons. The minimum Gasteiger partial charge on any atom is -0.468 e. The molecule has 2 aliphatic rings. The van der Waals surface area contributed by atoms with Crippen molar-refractivity contribution in [3.05, 3.63) is 47.3 Å². The minimum absolute atomic E-state index is 0.0764. The molecule has 1 aliphatic carbocycles. The number of methoxy groups -OCH3 is 1. The van der Waals surface area contributed by atoms with Gasteiger partial charge in [-0.3, -0.25) is 14.5 Å². The molecule has 4 rings (SSSR count). The molecule has 1 aromatic heterocycles. The summed E-state index contributed by atoms with van der Waals surface area (Å²) in [4.78, 5) is 27.7. The van der Waals surface area contributed by atoms with Crippen LogP contribution in [0.1, 0.15) is 60.3 Å². The Morgan fingerprint density at radius 1 is 1.16 bits per heavy atom. The van der Waals surface area contributed by atoms with E-state index in [9.17, 15) is 9.59 Å². The number of esters is 1. The molecule has 172 valence electrons. The van der Waals surface area contributed by atoms with Gasteiger partial charge < -0.3 is 10.1 Å². The van der Waals surface area contributed by atoms with Crippen LogP contribution in [-0.2, 0) is 9.53 Å². The number of ether oxygens (including phenoxy) is 1. The molecule has 0 bridgehead atoms. The Labute approximate surface area is 190 Å². The van der Waals surface area contributed by atoms with Gasteiger partial charge in [0, 0.05) is 30.4 Å². The fourth-order valence-electron chi connectivity index (χ4n) is 5.23. The van der Waals surface area contributed by atoms with Crippen molar-refractivity contribution in [2.75, 3.05) is 20.2 Å². The zero-order chi connectivity index (χ0) is 22.7. The molecule has 1 saturated heterocycles. The molecule has 2 fully saturated rings. The number of aryl methyl sites for hydroxylation is 2. The standard InChI is InChI=1S/C25H34N4O3/c1-17-12-18(2)29(27-17)22-11-7-10-20(13-22)24(30)26-21-14-23(25(31)32-3)28(16-21)15-19-8-5-4-6-9-19/h7,10-13,19,21,23H,4-6,8-9,14-16H2,1-3H3,(H,26,30)/t21-,23+/m1/s1. The van der Waals surface area contributed by atoms with E-state index in [0.717, 1.165) is 23.6 Å². The lowest BCUT2D eigenvalue weighted by atomic mass is 9.89. The molecule has 2 aromatic rings. The fourth-order valence-corrected chi connectivity index (χ4v) is 5.23. The zero-order valence-corrected chi connectivity index (χ0v) is 19.3. The summed E-state index contributed by atoms with van der Waals surface area (Å²) in [5, 5.41) is 7.67. The first kappa shape index (κ1) is 22.5. The maximum atomic E-state index is 13.0. The van der Waals surface area contributed by atoms with Gasteiger partial charge in [-0.25, -0.2) is 4.68 Å². The van der Waals surface area contributed by atoms with Gasteiger partial charge in [0.05, 0.1) is 18.5 Å². The number of amides is 1. The van der Waals surface area contributed by atoms with Gasteiger partial charge in [-0.2, -0.15) is 5.10 Å². The minimum atomic E-state index is -0.284. The number of carbonyl (C=O) groups excluding carboxylic acids is 2. The maximum Gasteiger partial charge on any atom is 0.323 e. The van der Waals surface area contributed by atoms with Gasteiger partial charge in [0.25, 0.3) is 5.91 Å². The van der Waals surface area contributed by atoms with E-state index in [1.807, 2.05) is 48.9 Å². The van der Waals surface area contributed by atoms with Gasteiger partial charge in [-0.05, 0) is 63.3 Å². The van der Waals surface area contributed by atoms with Crippen molar-refractivity contribution in [1.29, 1.82) is 0 Å². The van der Waals surface area contributed by atoms with Crippen molar-refractivity contribution < 1.29 is 14.3 Å². The first-order valence-electron chi connectivity index (χ1n) is 11.7. The number of hydrogen-bond acceptors (Lipinski definition) is 5. The molecule has 1 N–H and O–H groups in total. The maximum absolute atomic E-state index is 13.0. The van der Waals surface area contributed by atoms with Gasteiger partial charge in [-0.15, -0.1) is 0 Å². The van der Waals surface area contributed by atoms with Crippen LogP contribution < -0.4 is 5.32 Å². The van der Waals surface area contributed by atoms with Crippen LogP contribution in [0.2, 0.25) is 0 Å². The zero-order valence-electron chi connectivity index (χ0n) is 19.3. The fraction of sp³-hybridized carbons (Fsp3) is 0.560. The van der Waals surface area contributed by atoms with Crippen molar-refractivity contribution in [2.24, 2.45) is 5.92 Å².